The highest BCUT2D eigenvalue weighted by atomic mass is 19.1. The lowest BCUT2D eigenvalue weighted by Gasteiger charge is -2.05. The summed E-state index contributed by atoms with van der Waals surface area (Å²) < 4.78 is 13.5. The van der Waals surface area contributed by atoms with Gasteiger partial charge in [0.05, 0.1) is 6.42 Å². The molecule has 1 aromatic rings. The fourth-order valence-corrected chi connectivity index (χ4v) is 1.72. The van der Waals surface area contributed by atoms with Crippen molar-refractivity contribution in [3.05, 3.63) is 41.2 Å². The fourth-order valence-electron chi connectivity index (χ4n) is 1.72. The van der Waals surface area contributed by atoms with E-state index >= 15 is 0 Å². The number of amides is 2. The third-order valence-electron chi connectivity index (χ3n) is 2.59. The first-order chi connectivity index (χ1) is 7.59. The van der Waals surface area contributed by atoms with Crippen molar-refractivity contribution in [2.24, 2.45) is 0 Å². The Morgan fingerprint density at radius 1 is 1.31 bits per heavy atom. The van der Waals surface area contributed by atoms with Crippen LogP contribution in [0.4, 0.5) is 4.39 Å². The summed E-state index contributed by atoms with van der Waals surface area (Å²) in [6.45, 7) is 1.64. The molecule has 1 saturated heterocycles. The Hall–Kier alpha value is -1.97. The number of hydrogen-bond acceptors (Lipinski definition) is 2. The van der Waals surface area contributed by atoms with Crippen molar-refractivity contribution < 1.29 is 14.0 Å². The van der Waals surface area contributed by atoms with Gasteiger partial charge in [-0.25, -0.2) is 4.39 Å². The molecule has 0 atom stereocenters. The Morgan fingerprint density at radius 2 is 2.00 bits per heavy atom. The van der Waals surface area contributed by atoms with Crippen molar-refractivity contribution in [2.75, 3.05) is 0 Å². The van der Waals surface area contributed by atoms with Crippen molar-refractivity contribution in [2.45, 2.75) is 13.3 Å². The molecular formula is C12H10FNO2. The number of hydrogen-bond donors (Lipinski definition) is 1. The minimum atomic E-state index is -0.425. The Bertz CT molecular complexity index is 505. The normalized spacial score (nSPS) is 18.6. The lowest BCUT2D eigenvalue weighted by molar-refractivity contribution is -0.124. The van der Waals surface area contributed by atoms with E-state index in [0.717, 1.165) is 0 Å². The van der Waals surface area contributed by atoms with Gasteiger partial charge in [-0.3, -0.25) is 14.9 Å². The van der Waals surface area contributed by atoms with E-state index in [4.69, 9.17) is 0 Å². The molecule has 0 radical (unpaired) electrons. The van der Waals surface area contributed by atoms with Gasteiger partial charge in [0.2, 0.25) is 5.91 Å². The van der Waals surface area contributed by atoms with Crippen LogP contribution in [0.25, 0.3) is 5.57 Å². The third kappa shape index (κ3) is 1.74. The molecule has 1 aliphatic rings. The van der Waals surface area contributed by atoms with Crippen molar-refractivity contribution in [1.82, 2.24) is 5.32 Å². The largest absolute Gasteiger partial charge is 0.292 e. The second-order valence-corrected chi connectivity index (χ2v) is 3.64. The van der Waals surface area contributed by atoms with Gasteiger partial charge in [-0.15, -0.1) is 0 Å². The molecule has 1 N–H and O–H groups in total. The molecule has 0 bridgehead atoms. The van der Waals surface area contributed by atoms with Crippen LogP contribution in [0.1, 0.15) is 18.9 Å². The molecular weight excluding hydrogens is 209 g/mol. The van der Waals surface area contributed by atoms with E-state index in [2.05, 4.69) is 5.32 Å². The zero-order valence-electron chi connectivity index (χ0n) is 8.71. The molecule has 1 heterocycles. The summed E-state index contributed by atoms with van der Waals surface area (Å²) in [6, 6.07) is 6.19. The van der Waals surface area contributed by atoms with Gasteiger partial charge in [0.25, 0.3) is 5.91 Å². The smallest absolute Gasteiger partial charge is 0.254 e. The molecule has 0 aromatic heterocycles. The van der Waals surface area contributed by atoms with E-state index in [-0.39, 0.29) is 18.1 Å². The predicted molar refractivity (Wildman–Crippen MR) is 56.8 cm³/mol. The summed E-state index contributed by atoms with van der Waals surface area (Å²) in [5.41, 5.74) is 1.22. The van der Waals surface area contributed by atoms with Gasteiger partial charge in [-0.05, 0) is 18.6 Å². The van der Waals surface area contributed by atoms with Crippen LogP contribution in [0.2, 0.25) is 0 Å². The van der Waals surface area contributed by atoms with Crippen molar-refractivity contribution in [3.8, 4) is 0 Å². The average molecular weight is 219 g/mol. The van der Waals surface area contributed by atoms with Gasteiger partial charge in [-0.1, -0.05) is 18.2 Å². The number of nitrogens with one attached hydrogen (secondary N) is 1. The minimum Gasteiger partial charge on any atom is -0.292 e. The lowest BCUT2D eigenvalue weighted by Crippen LogP contribution is -2.19. The average Bonchev–Trinajstić information content (AvgIpc) is 2.58. The Labute approximate surface area is 92.0 Å². The van der Waals surface area contributed by atoms with E-state index < -0.39 is 5.91 Å². The second kappa shape index (κ2) is 3.89. The van der Waals surface area contributed by atoms with Crippen LogP contribution in [0, 0.1) is 5.82 Å². The van der Waals surface area contributed by atoms with Crippen LogP contribution in [-0.4, -0.2) is 11.8 Å². The van der Waals surface area contributed by atoms with Crippen LogP contribution >= 0.6 is 0 Å². The van der Waals surface area contributed by atoms with Crippen LogP contribution in [0.3, 0.4) is 0 Å². The number of benzene rings is 1. The predicted octanol–water partition coefficient (Wildman–Crippen LogP) is 1.65. The summed E-state index contributed by atoms with van der Waals surface area (Å²) in [4.78, 5) is 22.4. The minimum absolute atomic E-state index is 0.0268. The molecule has 0 spiro atoms. The molecule has 0 saturated carbocycles. The molecule has 3 nitrogen and oxygen atoms in total. The fraction of sp³-hybridized carbons (Fsp3) is 0.167. The lowest BCUT2D eigenvalue weighted by atomic mass is 10.00. The molecule has 2 amide bonds. The highest BCUT2D eigenvalue weighted by molar-refractivity contribution is 6.17. The highest BCUT2D eigenvalue weighted by Crippen LogP contribution is 2.25. The Morgan fingerprint density at radius 3 is 2.56 bits per heavy atom. The Kier molecular flexibility index (Phi) is 2.56. The van der Waals surface area contributed by atoms with E-state index in [1.165, 1.54) is 6.07 Å². The van der Waals surface area contributed by atoms with Crippen molar-refractivity contribution in [1.29, 1.82) is 0 Å². The monoisotopic (exact) mass is 219 g/mol. The number of rotatable bonds is 1. The molecule has 82 valence electrons. The van der Waals surface area contributed by atoms with E-state index in [0.29, 0.717) is 16.7 Å². The zero-order chi connectivity index (χ0) is 11.7. The topological polar surface area (TPSA) is 46.2 Å². The van der Waals surface area contributed by atoms with Crippen LogP contribution in [-0.2, 0) is 9.59 Å². The van der Waals surface area contributed by atoms with E-state index in [9.17, 15) is 14.0 Å². The summed E-state index contributed by atoms with van der Waals surface area (Å²) in [5, 5.41) is 2.18. The van der Waals surface area contributed by atoms with Gasteiger partial charge >= 0.3 is 0 Å². The first-order valence-corrected chi connectivity index (χ1v) is 4.88. The molecule has 1 fully saturated rings. The summed E-state index contributed by atoms with van der Waals surface area (Å²) >= 11 is 0. The SMILES string of the molecule is CC(=C1CC(=O)NC1=O)c1ccccc1F. The number of allylic oxidation sites excluding steroid dienone is 1. The first-order valence-electron chi connectivity index (χ1n) is 4.88. The number of carbonyl (C=O) groups excluding carboxylic acids is 2. The number of imide groups is 1. The maximum atomic E-state index is 13.5. The number of halogens is 1. The highest BCUT2D eigenvalue weighted by Gasteiger charge is 2.26. The maximum Gasteiger partial charge on any atom is 0.254 e. The maximum absolute atomic E-state index is 13.5. The van der Waals surface area contributed by atoms with Crippen molar-refractivity contribution in [3.63, 3.8) is 0 Å². The van der Waals surface area contributed by atoms with E-state index in [1.807, 2.05) is 0 Å². The quantitative estimate of drug-likeness (QED) is 0.576. The van der Waals surface area contributed by atoms with Gasteiger partial charge in [-0.2, -0.15) is 0 Å². The second-order valence-electron chi connectivity index (χ2n) is 3.64. The van der Waals surface area contributed by atoms with Gasteiger partial charge in [0, 0.05) is 11.1 Å². The van der Waals surface area contributed by atoms with Crippen LogP contribution in [0.5, 0.6) is 0 Å². The summed E-state index contributed by atoms with van der Waals surface area (Å²) in [6.07, 6.45) is 0.0268. The van der Waals surface area contributed by atoms with Crippen molar-refractivity contribution >= 4 is 17.4 Å². The molecule has 0 aliphatic carbocycles. The molecule has 16 heavy (non-hydrogen) atoms. The van der Waals surface area contributed by atoms with Gasteiger partial charge in [0.15, 0.2) is 0 Å². The van der Waals surface area contributed by atoms with E-state index in [1.54, 1.807) is 25.1 Å². The molecule has 1 aromatic carbocycles. The summed E-state index contributed by atoms with van der Waals surface area (Å²) in [7, 11) is 0. The standard InChI is InChI=1S/C12H10FNO2/c1-7(8-4-2-3-5-10(8)13)9-6-11(15)14-12(9)16/h2-5H,6H2,1H3,(H,14,15,16). The Balaban J connectivity index is 2.49. The molecule has 2 rings (SSSR count). The molecule has 4 heteroatoms. The first kappa shape index (κ1) is 10.5. The van der Waals surface area contributed by atoms with Gasteiger partial charge < -0.3 is 0 Å². The number of carbonyl (C=O) groups is 2. The summed E-state index contributed by atoms with van der Waals surface area (Å²) in [5.74, 6) is -1.15. The van der Waals surface area contributed by atoms with Gasteiger partial charge in [0.1, 0.15) is 5.82 Å². The molecule has 0 unspecified atom stereocenters. The van der Waals surface area contributed by atoms with Crippen LogP contribution < -0.4 is 5.32 Å². The molecule has 1 aliphatic heterocycles. The zero-order valence-corrected chi connectivity index (χ0v) is 8.71. The van der Waals surface area contributed by atoms with Crippen LogP contribution in [0.15, 0.2) is 29.8 Å². The third-order valence-corrected chi connectivity index (χ3v) is 2.59.